The van der Waals surface area contributed by atoms with E-state index in [2.05, 4.69) is 10.3 Å². The minimum Gasteiger partial charge on any atom is -0.439 e. The number of amides is 1. The molecule has 0 unspecified atom stereocenters. The van der Waals surface area contributed by atoms with Gasteiger partial charge in [0.25, 0.3) is 0 Å². The number of carbonyl (C=O) groups is 1. The molecule has 0 aliphatic heterocycles. The summed E-state index contributed by atoms with van der Waals surface area (Å²) in [5.74, 6) is 0.106. The number of rotatable bonds is 7. The third kappa shape index (κ3) is 5.81. The highest BCUT2D eigenvalue weighted by Crippen LogP contribution is 2.23. The average molecular weight is 329 g/mol. The van der Waals surface area contributed by atoms with Crippen LogP contribution in [0.15, 0.2) is 54.7 Å². The smallest absolute Gasteiger partial charge is 0.243 e. The van der Waals surface area contributed by atoms with Crippen LogP contribution in [0.2, 0.25) is 0 Å². The molecule has 0 radical (unpaired) electrons. The van der Waals surface area contributed by atoms with Gasteiger partial charge in [-0.25, -0.2) is 9.37 Å². The van der Waals surface area contributed by atoms with E-state index in [-0.39, 0.29) is 18.3 Å². The van der Waals surface area contributed by atoms with Crippen molar-refractivity contribution in [3.05, 3.63) is 66.1 Å². The predicted molar refractivity (Wildman–Crippen MR) is 90.3 cm³/mol. The van der Waals surface area contributed by atoms with E-state index in [1.54, 1.807) is 36.5 Å². The summed E-state index contributed by atoms with van der Waals surface area (Å²) in [5, 5.41) is 2.77. The number of hydrogen-bond donors (Lipinski definition) is 1. The summed E-state index contributed by atoms with van der Waals surface area (Å²) in [6.07, 6.45) is 4.85. The quantitative estimate of drug-likeness (QED) is 0.794. The number of ether oxygens (including phenoxy) is 1. The predicted octanol–water partition coefficient (Wildman–Crippen LogP) is 2.75. The van der Waals surface area contributed by atoms with Gasteiger partial charge in [-0.05, 0) is 32.3 Å². The number of halogens is 1. The Balaban J connectivity index is 1.98. The molecule has 0 fully saturated rings. The lowest BCUT2D eigenvalue weighted by Crippen LogP contribution is -2.21. The topological polar surface area (TPSA) is 54.5 Å². The normalized spacial score (nSPS) is 11.0. The van der Waals surface area contributed by atoms with Gasteiger partial charge in [-0.15, -0.1) is 0 Å². The summed E-state index contributed by atoms with van der Waals surface area (Å²) >= 11 is 0. The Labute approximate surface area is 140 Å². The van der Waals surface area contributed by atoms with Crippen LogP contribution in [0.1, 0.15) is 5.56 Å². The van der Waals surface area contributed by atoms with Crippen molar-refractivity contribution in [1.29, 1.82) is 0 Å². The van der Waals surface area contributed by atoms with Gasteiger partial charge in [0.15, 0.2) is 0 Å². The molecule has 0 aliphatic carbocycles. The number of nitrogens with zero attached hydrogens (tertiary/aromatic N) is 2. The van der Waals surface area contributed by atoms with Crippen molar-refractivity contribution in [1.82, 2.24) is 15.2 Å². The van der Waals surface area contributed by atoms with Gasteiger partial charge >= 0.3 is 0 Å². The van der Waals surface area contributed by atoms with Crippen molar-refractivity contribution < 1.29 is 13.9 Å². The molecule has 1 heterocycles. The van der Waals surface area contributed by atoms with Crippen LogP contribution in [-0.4, -0.2) is 36.4 Å². The molecule has 0 saturated carbocycles. The van der Waals surface area contributed by atoms with Crippen molar-refractivity contribution in [2.75, 3.05) is 20.6 Å². The molecule has 1 amide bonds. The second-order valence-electron chi connectivity index (χ2n) is 5.41. The molecule has 6 heteroatoms. The summed E-state index contributed by atoms with van der Waals surface area (Å²) in [6, 6.07) is 9.37. The van der Waals surface area contributed by atoms with Crippen molar-refractivity contribution in [2.24, 2.45) is 0 Å². The fourth-order valence-corrected chi connectivity index (χ4v) is 1.90. The molecular formula is C18H20FN3O2. The first-order chi connectivity index (χ1) is 11.5. The second kappa shape index (κ2) is 8.79. The Hall–Kier alpha value is -2.73. The molecule has 2 aromatic rings. The average Bonchev–Trinajstić information content (AvgIpc) is 2.54. The Morgan fingerprint density at radius 1 is 1.33 bits per heavy atom. The van der Waals surface area contributed by atoms with Gasteiger partial charge in [0, 0.05) is 37.0 Å². The van der Waals surface area contributed by atoms with Gasteiger partial charge in [-0.2, -0.15) is 0 Å². The number of nitrogens with one attached hydrogen (secondary N) is 1. The van der Waals surface area contributed by atoms with E-state index in [4.69, 9.17) is 4.74 Å². The zero-order chi connectivity index (χ0) is 17.4. The highest BCUT2D eigenvalue weighted by molar-refractivity contribution is 5.87. The highest BCUT2D eigenvalue weighted by atomic mass is 19.1. The lowest BCUT2D eigenvalue weighted by Gasteiger charge is -2.10. The van der Waals surface area contributed by atoms with Crippen LogP contribution in [-0.2, 0) is 11.3 Å². The molecule has 0 spiro atoms. The first-order valence-corrected chi connectivity index (χ1v) is 7.51. The van der Waals surface area contributed by atoms with E-state index in [0.29, 0.717) is 23.7 Å². The Bertz CT molecular complexity index is 717. The van der Waals surface area contributed by atoms with Crippen molar-refractivity contribution in [3.63, 3.8) is 0 Å². The Morgan fingerprint density at radius 2 is 2.17 bits per heavy atom. The van der Waals surface area contributed by atoms with Crippen LogP contribution in [0.25, 0.3) is 0 Å². The molecule has 0 bridgehead atoms. The third-order valence-corrected chi connectivity index (χ3v) is 3.05. The SMILES string of the molecule is CN(C)C/C=C/C(=O)NCc1cccnc1Oc1cccc(F)c1. The fraction of sp³-hybridized carbons (Fsp3) is 0.222. The van der Waals surface area contributed by atoms with Gasteiger partial charge in [0.05, 0.1) is 0 Å². The van der Waals surface area contributed by atoms with E-state index in [1.807, 2.05) is 19.0 Å². The molecule has 0 aliphatic rings. The maximum Gasteiger partial charge on any atom is 0.243 e. The van der Waals surface area contributed by atoms with Gasteiger partial charge in [0.1, 0.15) is 11.6 Å². The van der Waals surface area contributed by atoms with E-state index in [0.717, 1.165) is 0 Å². The first-order valence-electron chi connectivity index (χ1n) is 7.51. The number of pyridine rings is 1. The molecule has 24 heavy (non-hydrogen) atoms. The van der Waals surface area contributed by atoms with Gasteiger partial charge in [-0.1, -0.05) is 18.2 Å². The zero-order valence-electron chi connectivity index (χ0n) is 13.7. The number of hydrogen-bond acceptors (Lipinski definition) is 4. The summed E-state index contributed by atoms with van der Waals surface area (Å²) < 4.78 is 18.8. The highest BCUT2D eigenvalue weighted by Gasteiger charge is 2.07. The molecule has 1 aromatic carbocycles. The van der Waals surface area contributed by atoms with Crippen LogP contribution >= 0.6 is 0 Å². The van der Waals surface area contributed by atoms with Crippen LogP contribution in [0.3, 0.4) is 0 Å². The molecule has 5 nitrogen and oxygen atoms in total. The van der Waals surface area contributed by atoms with Gasteiger partial charge in [-0.3, -0.25) is 4.79 Å². The Kier molecular flexibility index (Phi) is 6.45. The molecule has 126 valence electrons. The van der Waals surface area contributed by atoms with E-state index >= 15 is 0 Å². The van der Waals surface area contributed by atoms with E-state index < -0.39 is 0 Å². The molecule has 1 aromatic heterocycles. The summed E-state index contributed by atoms with van der Waals surface area (Å²) in [5.41, 5.74) is 0.705. The molecular weight excluding hydrogens is 309 g/mol. The Morgan fingerprint density at radius 3 is 2.92 bits per heavy atom. The first kappa shape index (κ1) is 17.6. The third-order valence-electron chi connectivity index (χ3n) is 3.05. The molecule has 0 saturated heterocycles. The molecule has 1 N–H and O–H groups in total. The van der Waals surface area contributed by atoms with E-state index in [1.165, 1.54) is 18.2 Å². The van der Waals surface area contributed by atoms with Crippen LogP contribution in [0, 0.1) is 5.82 Å². The van der Waals surface area contributed by atoms with Crippen molar-refractivity contribution in [2.45, 2.75) is 6.54 Å². The maximum atomic E-state index is 13.2. The number of benzene rings is 1. The van der Waals surface area contributed by atoms with E-state index in [9.17, 15) is 9.18 Å². The summed E-state index contributed by atoms with van der Waals surface area (Å²) in [4.78, 5) is 17.9. The second-order valence-corrected chi connectivity index (χ2v) is 5.41. The number of aromatic nitrogens is 1. The lowest BCUT2D eigenvalue weighted by molar-refractivity contribution is -0.116. The number of carbonyl (C=O) groups excluding carboxylic acids is 1. The minimum atomic E-state index is -0.385. The largest absolute Gasteiger partial charge is 0.439 e. The monoisotopic (exact) mass is 329 g/mol. The zero-order valence-corrected chi connectivity index (χ0v) is 13.7. The van der Waals surface area contributed by atoms with Crippen LogP contribution in [0.5, 0.6) is 11.6 Å². The summed E-state index contributed by atoms with van der Waals surface area (Å²) in [6.45, 7) is 0.956. The standard InChI is InChI=1S/C18H20FN3O2/c1-22(2)11-5-9-17(23)21-13-14-6-4-10-20-18(14)24-16-8-3-7-15(19)12-16/h3-10,12H,11,13H2,1-2H3,(H,21,23)/b9-5+. The van der Waals surface area contributed by atoms with Crippen molar-refractivity contribution in [3.8, 4) is 11.6 Å². The van der Waals surface area contributed by atoms with Crippen molar-refractivity contribution >= 4 is 5.91 Å². The summed E-state index contributed by atoms with van der Waals surface area (Å²) in [7, 11) is 3.85. The van der Waals surface area contributed by atoms with Crippen LogP contribution < -0.4 is 10.1 Å². The fourth-order valence-electron chi connectivity index (χ4n) is 1.90. The van der Waals surface area contributed by atoms with Gasteiger partial charge in [0.2, 0.25) is 11.8 Å². The number of likely N-dealkylation sites (N-methyl/N-ethyl adjacent to an activating group) is 1. The lowest BCUT2D eigenvalue weighted by atomic mass is 10.2. The van der Waals surface area contributed by atoms with Crippen LogP contribution in [0.4, 0.5) is 4.39 Å². The molecule has 0 atom stereocenters. The minimum absolute atomic E-state index is 0.197. The van der Waals surface area contributed by atoms with Gasteiger partial charge < -0.3 is 15.0 Å². The maximum absolute atomic E-state index is 13.2. The molecule has 2 rings (SSSR count).